The van der Waals surface area contributed by atoms with Gasteiger partial charge in [0.1, 0.15) is 0 Å². The van der Waals surface area contributed by atoms with Gasteiger partial charge in [-0.2, -0.15) is 15.3 Å². The molecule has 0 unspecified atom stereocenters. The number of carbonyl (C=O) groups excluding carboxylic acids is 2. The van der Waals surface area contributed by atoms with Crippen LogP contribution in [0.25, 0.3) is 18.5 Å². The van der Waals surface area contributed by atoms with Crippen molar-refractivity contribution in [2.75, 3.05) is 49.3 Å². The van der Waals surface area contributed by atoms with Gasteiger partial charge in [0.2, 0.25) is 0 Å². The largest absolute Gasteiger partial charge is 0.383 e. The van der Waals surface area contributed by atoms with Gasteiger partial charge in [0.15, 0.2) is 0 Å². The molecule has 3 heterocycles. The molecule has 2 aliphatic rings. The van der Waals surface area contributed by atoms with Crippen LogP contribution in [0.5, 0.6) is 0 Å². The Morgan fingerprint density at radius 3 is 1.50 bits per heavy atom. The molecule has 0 saturated carbocycles. The predicted octanol–water partition coefficient (Wildman–Crippen LogP) is 10.7. The average molecular weight is 1070 g/mol. The lowest BCUT2D eigenvalue weighted by Crippen LogP contribution is -2.30. The van der Waals surface area contributed by atoms with Crippen molar-refractivity contribution in [1.29, 1.82) is 0 Å². The maximum absolute atomic E-state index is 12.1. The molecular formula is C53H59Cl6N9O2. The Balaban J connectivity index is 0.000000198. The lowest BCUT2D eigenvalue weighted by molar-refractivity contribution is -0.124. The first kappa shape index (κ1) is 55.7. The standard InChI is InChI=1S/C22H23Cl2N3.C16H19Cl2N3O.C15H17Cl2N3O/c1-15-12-17(21(24)13-20(15)23)10-11-22-19(14-26(3)4)16(2)27(25-22)18-8-6-5-7-9-18;1-10-7-11(14(18)8-13(10)17)5-6-15-12(9-20(2)3)16(22)21(4)19-15;1-9-6-10(13(17)7-12(9)16)4-5-14-11(8-20(2)3)15(21)19-18-14/h5-9,12-14H,2,10-11H2,1,3-4H3;7-9H,5-6H2,1-4H3;6-8H,4-5H2,1-3H3,(H,19,21). The number of hydrazone groups is 2. The lowest BCUT2D eigenvalue weighted by Gasteiger charge is -2.09. The smallest absolute Gasteiger partial charge is 0.277 e. The highest BCUT2D eigenvalue weighted by Gasteiger charge is 2.28. The minimum Gasteiger partial charge on any atom is -0.383 e. The Morgan fingerprint density at radius 1 is 0.586 bits per heavy atom. The summed E-state index contributed by atoms with van der Waals surface area (Å²) in [5.74, 6) is -0.251. The number of aryl methyl sites for hydroxylation is 7. The van der Waals surface area contributed by atoms with E-state index in [9.17, 15) is 9.59 Å². The van der Waals surface area contributed by atoms with Gasteiger partial charge in [-0.25, -0.2) is 15.1 Å². The molecule has 1 N–H and O–H groups in total. The van der Waals surface area contributed by atoms with Crippen LogP contribution in [0.15, 0.2) is 100 Å². The number of para-hydroxylation sites is 1. The summed E-state index contributed by atoms with van der Waals surface area (Å²) in [5.41, 5.74) is 13.4. The Labute approximate surface area is 441 Å². The zero-order valence-electron chi connectivity index (χ0n) is 41.2. The number of benzene rings is 4. The zero-order valence-corrected chi connectivity index (χ0v) is 45.7. The van der Waals surface area contributed by atoms with E-state index in [4.69, 9.17) is 74.7 Å². The molecule has 7 rings (SSSR count). The summed E-state index contributed by atoms with van der Waals surface area (Å²) >= 11 is 37.1. The monoisotopic (exact) mass is 1060 g/mol. The second-order valence-corrected chi connectivity index (χ2v) is 20.1. The van der Waals surface area contributed by atoms with Gasteiger partial charge < -0.3 is 14.7 Å². The van der Waals surface area contributed by atoms with Crippen LogP contribution in [-0.2, 0) is 35.3 Å². The minimum atomic E-state index is -0.169. The molecule has 11 nitrogen and oxygen atoms in total. The highest BCUT2D eigenvalue weighted by Crippen LogP contribution is 2.29. The van der Waals surface area contributed by atoms with E-state index in [-0.39, 0.29) is 11.8 Å². The summed E-state index contributed by atoms with van der Waals surface area (Å²) in [4.78, 5) is 29.5. The van der Waals surface area contributed by atoms with Crippen molar-refractivity contribution in [3.63, 3.8) is 0 Å². The Morgan fingerprint density at radius 2 is 1.03 bits per heavy atom. The molecule has 0 bridgehead atoms. The number of nitrogens with zero attached hydrogens (tertiary/aromatic N) is 8. The number of aromatic nitrogens is 2. The van der Waals surface area contributed by atoms with E-state index in [1.54, 1.807) is 31.6 Å². The molecule has 1 aromatic heterocycles. The summed E-state index contributed by atoms with van der Waals surface area (Å²) in [7, 11) is 13.2. The van der Waals surface area contributed by atoms with Crippen LogP contribution >= 0.6 is 69.6 Å². The highest BCUT2D eigenvalue weighted by molar-refractivity contribution is 6.37. The van der Waals surface area contributed by atoms with Gasteiger partial charge in [-0.3, -0.25) is 9.59 Å². The van der Waals surface area contributed by atoms with E-state index in [1.807, 2.05) is 131 Å². The second-order valence-electron chi connectivity index (χ2n) is 17.6. The minimum absolute atomic E-state index is 0.0814. The molecule has 370 valence electrons. The Kier molecular flexibility index (Phi) is 20.0. The third-order valence-electron chi connectivity index (χ3n) is 11.1. The van der Waals surface area contributed by atoms with Crippen LogP contribution in [0, 0.1) is 20.8 Å². The first-order valence-electron chi connectivity index (χ1n) is 22.4. The van der Waals surface area contributed by atoms with Crippen molar-refractivity contribution in [2.24, 2.45) is 10.2 Å². The Bertz CT molecular complexity index is 2980. The molecule has 0 saturated heterocycles. The third kappa shape index (κ3) is 14.9. The lowest BCUT2D eigenvalue weighted by atomic mass is 10.0. The second kappa shape index (κ2) is 25.2. The van der Waals surface area contributed by atoms with Crippen molar-refractivity contribution in [3.05, 3.63) is 170 Å². The molecule has 0 radical (unpaired) electrons. The predicted molar refractivity (Wildman–Crippen MR) is 293 cm³/mol. The van der Waals surface area contributed by atoms with Gasteiger partial charge in [0.05, 0.1) is 39.3 Å². The van der Waals surface area contributed by atoms with Crippen LogP contribution in [0.4, 0.5) is 0 Å². The molecule has 2 aliphatic heterocycles. The van der Waals surface area contributed by atoms with Gasteiger partial charge in [-0.05, 0) is 123 Å². The van der Waals surface area contributed by atoms with Gasteiger partial charge in [-0.15, -0.1) is 0 Å². The summed E-state index contributed by atoms with van der Waals surface area (Å²) in [6, 6.07) is 21.4. The number of carbonyl (C=O) groups is 2. The zero-order chi connectivity index (χ0) is 51.6. The quantitative estimate of drug-likeness (QED) is 0.118. The number of hydrogen-bond acceptors (Lipinski definition) is 8. The number of nitrogens with one attached hydrogen (secondary N) is 1. The van der Waals surface area contributed by atoms with Crippen LogP contribution < -0.4 is 16.0 Å². The molecule has 17 heteroatoms. The molecule has 4 aromatic carbocycles. The number of amides is 2. The molecule has 2 amide bonds. The molecule has 0 atom stereocenters. The number of hydrogen-bond donors (Lipinski definition) is 1. The molecule has 5 aromatic rings. The van der Waals surface area contributed by atoms with Crippen LogP contribution in [0.2, 0.25) is 30.1 Å². The Hall–Kier alpha value is -5.27. The van der Waals surface area contributed by atoms with Crippen LogP contribution in [0.1, 0.15) is 51.9 Å². The first-order valence-corrected chi connectivity index (χ1v) is 24.6. The maximum Gasteiger partial charge on any atom is 0.277 e. The summed E-state index contributed by atoms with van der Waals surface area (Å²) in [5, 5.41) is 20.6. The van der Waals surface area contributed by atoms with Gasteiger partial charge in [0, 0.05) is 103 Å². The fourth-order valence-electron chi connectivity index (χ4n) is 7.48. The van der Waals surface area contributed by atoms with Gasteiger partial charge in [-0.1, -0.05) is 113 Å². The van der Waals surface area contributed by atoms with Gasteiger partial charge in [0.25, 0.3) is 11.8 Å². The number of halogens is 6. The molecule has 70 heavy (non-hydrogen) atoms. The molecular weight excluding hydrogens is 1010 g/mol. The summed E-state index contributed by atoms with van der Waals surface area (Å²) in [6.07, 6.45) is 9.90. The number of rotatable bonds is 13. The topological polar surface area (TPSA) is 102 Å². The van der Waals surface area contributed by atoms with E-state index < -0.39 is 0 Å². The fourth-order valence-corrected chi connectivity index (χ4v) is 8.91. The van der Waals surface area contributed by atoms with Crippen molar-refractivity contribution in [3.8, 4) is 5.69 Å². The van der Waals surface area contributed by atoms with Crippen molar-refractivity contribution in [1.82, 2.24) is 34.9 Å². The van der Waals surface area contributed by atoms with E-state index >= 15 is 0 Å². The molecule has 0 fully saturated rings. The molecule has 0 aliphatic carbocycles. The fraction of sp³-hybridized carbons (Fsp3) is 0.302. The maximum atomic E-state index is 12.1. The van der Waals surface area contributed by atoms with E-state index in [0.717, 1.165) is 79.6 Å². The first-order chi connectivity index (χ1) is 33.0. The van der Waals surface area contributed by atoms with E-state index in [1.165, 1.54) is 5.01 Å². The normalized spacial score (nSPS) is 14.6. The van der Waals surface area contributed by atoms with E-state index in [2.05, 4.69) is 34.5 Å². The van der Waals surface area contributed by atoms with Crippen LogP contribution in [-0.4, -0.2) is 102 Å². The van der Waals surface area contributed by atoms with E-state index in [0.29, 0.717) is 67.0 Å². The van der Waals surface area contributed by atoms with Crippen molar-refractivity contribution >= 4 is 106 Å². The van der Waals surface area contributed by atoms with Crippen LogP contribution in [0.3, 0.4) is 0 Å². The summed E-state index contributed by atoms with van der Waals surface area (Å²) in [6.45, 7) is 10.2. The third-order valence-corrected chi connectivity index (χ3v) is 13.4. The van der Waals surface area contributed by atoms with Gasteiger partial charge >= 0.3 is 0 Å². The van der Waals surface area contributed by atoms with Crippen molar-refractivity contribution in [2.45, 2.75) is 59.3 Å². The molecule has 0 spiro atoms. The number of likely N-dealkylation sites (N-methyl/N-ethyl adjacent to an activating group) is 1. The SMILES string of the molecule is C=c1c(=CN(C)C)c(CCc2cc(C)c(Cl)cc2Cl)nn1-c1ccccc1.Cc1cc(CCC2=NN(C)C(=O)C2=CN(C)C)c(Cl)cc1Cl.Cc1cc(CCC2=NNC(=O)C2=CN(C)C)c(Cl)cc1Cl. The average Bonchev–Trinajstić information content (AvgIpc) is 3.89. The van der Waals surface area contributed by atoms with Crippen molar-refractivity contribution < 1.29 is 9.59 Å². The summed E-state index contributed by atoms with van der Waals surface area (Å²) < 4.78 is 1.90. The highest BCUT2D eigenvalue weighted by atomic mass is 35.5.